The summed E-state index contributed by atoms with van der Waals surface area (Å²) in [4.78, 5) is 23.8. The number of unbranched alkanes of at least 4 members (excludes halogenated alkanes) is 1. The topological polar surface area (TPSA) is 146 Å². The number of carbonyl (C=O) groups is 1. The predicted octanol–water partition coefficient (Wildman–Crippen LogP) is 0.843. The normalized spacial score (nSPS) is 24.7. The third kappa shape index (κ3) is 4.54. The SMILES string of the molecule is CCCCOC(=O)CCSC[C@@]1(O)O[C@@H](n2cnc3c(N)ncnc32)C[C@@H]1O. The lowest BCUT2D eigenvalue weighted by Gasteiger charge is -2.25. The second kappa shape index (κ2) is 9.03. The van der Waals surface area contributed by atoms with Gasteiger partial charge in [-0.05, 0) is 6.42 Å². The van der Waals surface area contributed by atoms with E-state index in [1.807, 2.05) is 6.92 Å². The molecule has 0 saturated carbocycles. The van der Waals surface area contributed by atoms with Gasteiger partial charge in [0, 0.05) is 12.2 Å². The molecule has 154 valence electrons. The Labute approximate surface area is 166 Å². The molecule has 10 nitrogen and oxygen atoms in total. The number of thioether (sulfide) groups is 1. The van der Waals surface area contributed by atoms with Gasteiger partial charge in [0.15, 0.2) is 11.5 Å². The second-order valence-corrected chi connectivity index (χ2v) is 7.73. The first-order valence-electron chi connectivity index (χ1n) is 9.19. The van der Waals surface area contributed by atoms with E-state index in [-0.39, 0.29) is 30.4 Å². The minimum atomic E-state index is -1.73. The number of ether oxygens (including phenoxy) is 2. The van der Waals surface area contributed by atoms with E-state index >= 15 is 0 Å². The fraction of sp³-hybridized carbons (Fsp3) is 0.647. The van der Waals surface area contributed by atoms with Gasteiger partial charge in [-0.3, -0.25) is 9.36 Å². The van der Waals surface area contributed by atoms with Gasteiger partial charge in [-0.25, -0.2) is 15.0 Å². The number of nitrogen functional groups attached to an aromatic ring is 1. The Morgan fingerprint density at radius 3 is 3.11 bits per heavy atom. The molecule has 1 aliphatic heterocycles. The number of hydrogen-bond donors (Lipinski definition) is 3. The Bertz CT molecular complexity index is 818. The van der Waals surface area contributed by atoms with E-state index in [0.717, 1.165) is 12.8 Å². The molecule has 0 spiro atoms. The number of esters is 1. The Kier molecular flexibility index (Phi) is 6.70. The van der Waals surface area contributed by atoms with Gasteiger partial charge >= 0.3 is 5.97 Å². The maximum atomic E-state index is 11.6. The third-order valence-electron chi connectivity index (χ3n) is 4.50. The van der Waals surface area contributed by atoms with Crippen molar-refractivity contribution in [3.8, 4) is 0 Å². The number of rotatable bonds is 9. The highest BCUT2D eigenvalue weighted by Gasteiger charge is 2.47. The predicted molar refractivity (Wildman–Crippen MR) is 103 cm³/mol. The second-order valence-electron chi connectivity index (χ2n) is 6.63. The van der Waals surface area contributed by atoms with Crippen LogP contribution in [0, 0.1) is 0 Å². The van der Waals surface area contributed by atoms with Gasteiger partial charge in [0.25, 0.3) is 0 Å². The van der Waals surface area contributed by atoms with Gasteiger partial charge in [-0.1, -0.05) is 13.3 Å². The van der Waals surface area contributed by atoms with Crippen LogP contribution in [0.2, 0.25) is 0 Å². The van der Waals surface area contributed by atoms with Crippen LogP contribution in [0.15, 0.2) is 12.7 Å². The van der Waals surface area contributed by atoms with Crippen LogP contribution in [0.1, 0.15) is 38.8 Å². The van der Waals surface area contributed by atoms with Crippen LogP contribution in [-0.4, -0.2) is 65.7 Å². The summed E-state index contributed by atoms with van der Waals surface area (Å²) in [7, 11) is 0. The molecule has 0 aliphatic carbocycles. The van der Waals surface area contributed by atoms with Crippen molar-refractivity contribution in [1.29, 1.82) is 0 Å². The number of nitrogens with zero attached hydrogens (tertiary/aromatic N) is 4. The van der Waals surface area contributed by atoms with Gasteiger partial charge in [0.05, 0.1) is 25.1 Å². The highest BCUT2D eigenvalue weighted by Crippen LogP contribution is 2.38. The van der Waals surface area contributed by atoms with E-state index in [1.54, 1.807) is 4.57 Å². The lowest BCUT2D eigenvalue weighted by Crippen LogP contribution is -2.41. The molecular formula is C17H25N5O5S. The maximum Gasteiger partial charge on any atom is 0.306 e. The average Bonchev–Trinajstić information content (AvgIpc) is 3.22. The summed E-state index contributed by atoms with van der Waals surface area (Å²) >= 11 is 1.32. The minimum Gasteiger partial charge on any atom is -0.466 e. The Morgan fingerprint density at radius 1 is 1.50 bits per heavy atom. The number of anilines is 1. The number of hydrogen-bond acceptors (Lipinski definition) is 10. The fourth-order valence-corrected chi connectivity index (χ4v) is 3.90. The molecule has 0 radical (unpaired) electrons. The minimum absolute atomic E-state index is 0.122. The lowest BCUT2D eigenvalue weighted by atomic mass is 10.1. The van der Waals surface area contributed by atoms with Gasteiger partial charge in [0.2, 0.25) is 5.79 Å². The highest BCUT2D eigenvalue weighted by atomic mass is 32.2. The van der Waals surface area contributed by atoms with E-state index in [4.69, 9.17) is 15.2 Å². The van der Waals surface area contributed by atoms with E-state index < -0.39 is 18.1 Å². The average molecular weight is 411 g/mol. The van der Waals surface area contributed by atoms with Crippen LogP contribution in [0.5, 0.6) is 0 Å². The molecular weight excluding hydrogens is 386 g/mol. The highest BCUT2D eigenvalue weighted by molar-refractivity contribution is 7.99. The van der Waals surface area contributed by atoms with Gasteiger partial charge in [0.1, 0.15) is 24.2 Å². The molecule has 3 rings (SSSR count). The summed E-state index contributed by atoms with van der Waals surface area (Å²) in [6, 6.07) is 0. The molecule has 2 aromatic rings. The van der Waals surface area contributed by atoms with E-state index in [0.29, 0.717) is 23.5 Å². The first-order valence-corrected chi connectivity index (χ1v) is 10.3. The zero-order valence-corrected chi connectivity index (χ0v) is 16.5. The summed E-state index contributed by atoms with van der Waals surface area (Å²) in [6.07, 6.45) is 3.33. The zero-order valence-electron chi connectivity index (χ0n) is 15.7. The summed E-state index contributed by atoms with van der Waals surface area (Å²) in [6.45, 7) is 2.46. The maximum absolute atomic E-state index is 11.6. The van der Waals surface area contributed by atoms with Crippen LogP contribution >= 0.6 is 11.8 Å². The molecule has 11 heteroatoms. The first-order chi connectivity index (χ1) is 13.4. The lowest BCUT2D eigenvalue weighted by molar-refractivity contribution is -0.220. The number of aliphatic hydroxyl groups excluding tert-OH is 1. The zero-order chi connectivity index (χ0) is 20.1. The Hall–Kier alpha value is -1.95. The number of aliphatic hydroxyl groups is 2. The summed E-state index contributed by atoms with van der Waals surface area (Å²) in [5.74, 6) is -1.15. The van der Waals surface area contributed by atoms with Crippen molar-refractivity contribution in [2.45, 2.75) is 50.7 Å². The number of imidazole rings is 1. The standard InChI is InChI=1S/C17H25N5O5S/c1-2-3-5-26-13(24)4-6-28-8-17(25)11(23)7-12(27-17)22-10-21-14-15(18)19-9-20-16(14)22/h9-12,23,25H,2-8H2,1H3,(H2,18,19,20)/t11-,12+,17+/m0/s1. The van der Waals surface area contributed by atoms with Gasteiger partial charge in [-0.2, -0.15) is 11.8 Å². The van der Waals surface area contributed by atoms with Gasteiger partial charge in [-0.15, -0.1) is 0 Å². The summed E-state index contributed by atoms with van der Waals surface area (Å²) in [5.41, 5.74) is 6.69. The molecule has 2 aromatic heterocycles. The van der Waals surface area contributed by atoms with Crippen LogP contribution in [0.4, 0.5) is 5.82 Å². The van der Waals surface area contributed by atoms with Crippen LogP contribution < -0.4 is 5.73 Å². The number of carbonyl (C=O) groups excluding carboxylic acids is 1. The summed E-state index contributed by atoms with van der Waals surface area (Å²) < 4.78 is 12.4. The van der Waals surface area contributed by atoms with Gasteiger partial charge < -0.3 is 25.4 Å². The molecule has 0 unspecified atom stereocenters. The summed E-state index contributed by atoms with van der Waals surface area (Å²) in [5, 5.41) is 21.0. The molecule has 1 aliphatic rings. The number of aromatic nitrogens is 4. The Morgan fingerprint density at radius 2 is 2.32 bits per heavy atom. The van der Waals surface area contributed by atoms with Crippen LogP contribution in [-0.2, 0) is 14.3 Å². The smallest absolute Gasteiger partial charge is 0.306 e. The fourth-order valence-electron chi connectivity index (χ4n) is 2.90. The number of nitrogens with two attached hydrogens (primary N) is 1. The molecule has 28 heavy (non-hydrogen) atoms. The first kappa shape index (κ1) is 20.8. The van der Waals surface area contributed by atoms with Crippen molar-refractivity contribution in [2.24, 2.45) is 0 Å². The molecule has 1 saturated heterocycles. The van der Waals surface area contributed by atoms with Crippen molar-refractivity contribution in [3.05, 3.63) is 12.7 Å². The van der Waals surface area contributed by atoms with Crippen molar-refractivity contribution >= 4 is 34.7 Å². The molecule has 3 atom stereocenters. The third-order valence-corrected chi connectivity index (χ3v) is 5.61. The molecule has 0 amide bonds. The Balaban J connectivity index is 1.53. The van der Waals surface area contributed by atoms with Crippen molar-refractivity contribution in [1.82, 2.24) is 19.5 Å². The van der Waals surface area contributed by atoms with E-state index in [1.165, 1.54) is 24.4 Å². The van der Waals surface area contributed by atoms with Crippen molar-refractivity contribution in [2.75, 3.05) is 23.8 Å². The van der Waals surface area contributed by atoms with Crippen molar-refractivity contribution in [3.63, 3.8) is 0 Å². The molecule has 0 aromatic carbocycles. The van der Waals surface area contributed by atoms with Crippen LogP contribution in [0.3, 0.4) is 0 Å². The monoisotopic (exact) mass is 411 g/mol. The largest absolute Gasteiger partial charge is 0.466 e. The molecule has 3 heterocycles. The quantitative estimate of drug-likeness (QED) is 0.401. The van der Waals surface area contributed by atoms with E-state index in [9.17, 15) is 15.0 Å². The van der Waals surface area contributed by atoms with E-state index in [2.05, 4.69) is 15.0 Å². The number of fused-ring (bicyclic) bond motifs is 1. The van der Waals surface area contributed by atoms with Crippen molar-refractivity contribution < 1.29 is 24.5 Å². The molecule has 4 N–H and O–H groups in total. The molecule has 1 fully saturated rings. The van der Waals surface area contributed by atoms with Crippen LogP contribution in [0.25, 0.3) is 11.2 Å². The molecule has 0 bridgehead atoms.